The number of aromatic nitrogens is 2. The number of benzene rings is 1. The number of pyridine rings is 2. The van der Waals surface area contributed by atoms with Crippen LogP contribution in [0.15, 0.2) is 36.4 Å². The maximum absolute atomic E-state index is 11.3. The second-order valence-corrected chi connectivity index (χ2v) is 7.92. The Balaban J connectivity index is 1.99. The van der Waals surface area contributed by atoms with Gasteiger partial charge >= 0.3 is 5.97 Å². The van der Waals surface area contributed by atoms with E-state index < -0.39 is 12.5 Å². The zero-order valence-corrected chi connectivity index (χ0v) is 17.2. The van der Waals surface area contributed by atoms with Gasteiger partial charge in [-0.25, -0.2) is 9.97 Å². The fourth-order valence-electron chi connectivity index (χ4n) is 3.01. The normalized spacial score (nSPS) is 11.3. The van der Waals surface area contributed by atoms with Crippen molar-refractivity contribution in [3.8, 4) is 17.4 Å². The molecule has 8 heteroatoms. The van der Waals surface area contributed by atoms with Crippen LogP contribution >= 0.6 is 0 Å². The van der Waals surface area contributed by atoms with E-state index in [1.165, 1.54) is 0 Å². The molecule has 30 heavy (non-hydrogen) atoms. The van der Waals surface area contributed by atoms with Crippen molar-refractivity contribution in [2.75, 3.05) is 11.4 Å². The van der Waals surface area contributed by atoms with Crippen LogP contribution in [0.3, 0.4) is 0 Å². The second kappa shape index (κ2) is 7.98. The summed E-state index contributed by atoms with van der Waals surface area (Å²) in [6.45, 7) is 7.38. The van der Waals surface area contributed by atoms with Crippen molar-refractivity contribution in [2.45, 2.75) is 33.1 Å². The van der Waals surface area contributed by atoms with Crippen molar-refractivity contribution in [1.29, 1.82) is 0 Å². The monoisotopic (exact) mass is 409 g/mol. The van der Waals surface area contributed by atoms with Crippen molar-refractivity contribution in [2.24, 2.45) is 0 Å². The van der Waals surface area contributed by atoms with Gasteiger partial charge in [0, 0.05) is 11.5 Å². The molecule has 1 aromatic carbocycles. The minimum atomic E-state index is -1.22. The molecule has 3 aromatic rings. The summed E-state index contributed by atoms with van der Waals surface area (Å²) < 4.78 is 5.90. The lowest BCUT2D eigenvalue weighted by molar-refractivity contribution is -0.136. The number of carboxylic acid groups (broad SMARTS) is 1. The van der Waals surface area contributed by atoms with Gasteiger partial charge in [0.1, 0.15) is 12.3 Å². The average Bonchev–Trinajstić information content (AvgIpc) is 2.68. The molecule has 0 aliphatic rings. The molecule has 0 atom stereocenters. The van der Waals surface area contributed by atoms with Gasteiger partial charge in [0.25, 0.3) is 0 Å². The third-order valence-electron chi connectivity index (χ3n) is 4.58. The van der Waals surface area contributed by atoms with E-state index in [1.54, 1.807) is 19.1 Å². The Morgan fingerprint density at radius 1 is 1.20 bits per heavy atom. The van der Waals surface area contributed by atoms with E-state index in [2.05, 4.69) is 30.7 Å². The molecule has 156 valence electrons. The summed E-state index contributed by atoms with van der Waals surface area (Å²) >= 11 is 0. The zero-order valence-electron chi connectivity index (χ0n) is 17.2. The van der Waals surface area contributed by atoms with Gasteiger partial charge < -0.3 is 14.9 Å². The fraction of sp³-hybridized carbons (Fsp3) is 0.273. The highest BCUT2D eigenvalue weighted by molar-refractivity contribution is 5.95. The molecule has 2 heterocycles. The van der Waals surface area contributed by atoms with E-state index >= 15 is 0 Å². The van der Waals surface area contributed by atoms with Crippen LogP contribution < -0.4 is 9.64 Å². The number of rotatable bonds is 6. The smallest absolute Gasteiger partial charge is 0.323 e. The number of aryl methyl sites for hydroxylation is 1. The summed E-state index contributed by atoms with van der Waals surface area (Å²) in [5.41, 5.74) is 1.90. The number of fused-ring (bicyclic) bond motifs is 1. The molecular weight excluding hydrogens is 386 g/mol. The molecular formula is C22H23N3O5. The highest BCUT2D eigenvalue weighted by Crippen LogP contribution is 2.35. The Morgan fingerprint density at radius 2 is 1.93 bits per heavy atom. The maximum atomic E-state index is 11.3. The maximum Gasteiger partial charge on any atom is 0.323 e. The number of aliphatic carboxylic acids is 1. The summed E-state index contributed by atoms with van der Waals surface area (Å²) in [5, 5.41) is 19.9. The molecule has 0 unspecified atom stereocenters. The summed E-state index contributed by atoms with van der Waals surface area (Å²) in [6, 6.07) is 10.9. The number of amides is 1. The molecule has 0 fully saturated rings. The number of nitrogens with zero attached hydrogens (tertiary/aromatic N) is 3. The Morgan fingerprint density at radius 3 is 2.57 bits per heavy atom. The van der Waals surface area contributed by atoms with Gasteiger partial charge in [-0.15, -0.1) is 0 Å². The van der Waals surface area contributed by atoms with E-state index in [-0.39, 0.29) is 17.0 Å². The predicted octanol–water partition coefficient (Wildman–Crippen LogP) is 3.78. The van der Waals surface area contributed by atoms with E-state index in [4.69, 9.17) is 9.84 Å². The number of carboxylic acids is 1. The number of ether oxygens (including phenoxy) is 1. The van der Waals surface area contributed by atoms with Gasteiger partial charge in [-0.2, -0.15) is 0 Å². The Hall–Kier alpha value is -3.68. The molecule has 3 rings (SSSR count). The Bertz CT molecular complexity index is 1120. The molecule has 2 aromatic heterocycles. The first-order valence-electron chi connectivity index (χ1n) is 9.32. The minimum absolute atomic E-state index is 0.0285. The summed E-state index contributed by atoms with van der Waals surface area (Å²) in [7, 11) is 0. The number of aromatic hydroxyl groups is 1. The number of carbonyl (C=O) groups excluding carboxylic acids is 1. The molecule has 0 radical (unpaired) electrons. The van der Waals surface area contributed by atoms with E-state index in [1.807, 2.05) is 24.3 Å². The van der Waals surface area contributed by atoms with Crippen molar-refractivity contribution < 1.29 is 24.5 Å². The van der Waals surface area contributed by atoms with Crippen molar-refractivity contribution in [3.05, 3.63) is 47.7 Å². The molecule has 0 bridgehead atoms. The van der Waals surface area contributed by atoms with Crippen LogP contribution in [0, 0.1) is 6.92 Å². The number of hydrogen-bond acceptors (Lipinski definition) is 6. The van der Waals surface area contributed by atoms with Gasteiger partial charge in [0.05, 0.1) is 11.2 Å². The first-order chi connectivity index (χ1) is 14.1. The van der Waals surface area contributed by atoms with Crippen LogP contribution in [-0.4, -0.2) is 39.1 Å². The first-order valence-corrected chi connectivity index (χ1v) is 9.32. The van der Waals surface area contributed by atoms with Crippen LogP contribution in [0.5, 0.6) is 17.4 Å². The molecule has 0 spiro atoms. The lowest BCUT2D eigenvalue weighted by atomic mass is 9.87. The summed E-state index contributed by atoms with van der Waals surface area (Å²) in [4.78, 5) is 31.7. The van der Waals surface area contributed by atoms with E-state index in [0.717, 1.165) is 10.5 Å². The van der Waals surface area contributed by atoms with Crippen LogP contribution in [0.25, 0.3) is 10.9 Å². The standard InChI is InChI=1S/C22H23N3O5/c1-13-19-16(20(29)21(23-13)25(12-26)11-18(27)28)8-9-17(24-19)30-15-7-5-6-14(10-15)22(2,3)4/h5-10,12,29H,11H2,1-4H3,(H,27,28). The summed E-state index contributed by atoms with van der Waals surface area (Å²) in [6.07, 6.45) is 0.314. The third kappa shape index (κ3) is 4.32. The van der Waals surface area contributed by atoms with Gasteiger partial charge in [0.2, 0.25) is 12.3 Å². The van der Waals surface area contributed by atoms with E-state index in [0.29, 0.717) is 34.6 Å². The lowest BCUT2D eigenvalue weighted by Gasteiger charge is -2.20. The fourth-order valence-corrected chi connectivity index (χ4v) is 3.01. The lowest BCUT2D eigenvalue weighted by Crippen LogP contribution is -2.29. The number of carbonyl (C=O) groups is 2. The van der Waals surface area contributed by atoms with Crippen LogP contribution in [0.4, 0.5) is 5.82 Å². The van der Waals surface area contributed by atoms with E-state index in [9.17, 15) is 14.7 Å². The van der Waals surface area contributed by atoms with Crippen LogP contribution in [0.1, 0.15) is 32.0 Å². The highest BCUT2D eigenvalue weighted by Gasteiger charge is 2.20. The summed E-state index contributed by atoms with van der Waals surface area (Å²) in [5.74, 6) is -0.721. The molecule has 2 N–H and O–H groups in total. The zero-order chi connectivity index (χ0) is 22.1. The molecule has 1 amide bonds. The quantitative estimate of drug-likeness (QED) is 0.596. The third-order valence-corrected chi connectivity index (χ3v) is 4.58. The van der Waals surface area contributed by atoms with Crippen LogP contribution in [0.2, 0.25) is 0 Å². The van der Waals surface area contributed by atoms with Gasteiger partial charge in [-0.05, 0) is 36.1 Å². The molecule has 8 nitrogen and oxygen atoms in total. The second-order valence-electron chi connectivity index (χ2n) is 7.92. The highest BCUT2D eigenvalue weighted by atomic mass is 16.5. The number of anilines is 1. The predicted molar refractivity (Wildman–Crippen MR) is 112 cm³/mol. The molecule has 0 saturated heterocycles. The van der Waals surface area contributed by atoms with Crippen LogP contribution in [-0.2, 0) is 15.0 Å². The van der Waals surface area contributed by atoms with Crippen molar-refractivity contribution >= 4 is 29.1 Å². The van der Waals surface area contributed by atoms with Gasteiger partial charge in [-0.1, -0.05) is 32.9 Å². The van der Waals surface area contributed by atoms with Gasteiger partial charge in [0.15, 0.2) is 11.6 Å². The Labute approximate surface area is 173 Å². The topological polar surface area (TPSA) is 113 Å². The van der Waals surface area contributed by atoms with Gasteiger partial charge in [-0.3, -0.25) is 14.5 Å². The largest absolute Gasteiger partial charge is 0.504 e. The minimum Gasteiger partial charge on any atom is -0.504 e. The first kappa shape index (κ1) is 21.0. The SMILES string of the molecule is Cc1nc(N(C=O)CC(=O)O)c(O)c2ccc(Oc3cccc(C(C)(C)C)c3)nc12. The Kier molecular flexibility index (Phi) is 5.60. The van der Waals surface area contributed by atoms with Crippen molar-refractivity contribution in [1.82, 2.24) is 9.97 Å². The molecule has 0 aliphatic heterocycles. The molecule has 0 aliphatic carbocycles. The average molecular weight is 409 g/mol. The molecule has 0 saturated carbocycles. The number of hydrogen-bond donors (Lipinski definition) is 2. The van der Waals surface area contributed by atoms with Crippen molar-refractivity contribution in [3.63, 3.8) is 0 Å².